The van der Waals surface area contributed by atoms with E-state index in [0.29, 0.717) is 17.0 Å². The normalized spacial score (nSPS) is 10.9. The van der Waals surface area contributed by atoms with Gasteiger partial charge in [0, 0.05) is 23.1 Å². The van der Waals surface area contributed by atoms with Gasteiger partial charge in [-0.05, 0) is 38.1 Å². The van der Waals surface area contributed by atoms with E-state index in [4.69, 9.17) is 0 Å². The Morgan fingerprint density at radius 1 is 1.10 bits per heavy atom. The van der Waals surface area contributed by atoms with Crippen LogP contribution >= 0.6 is 23.1 Å². The lowest BCUT2D eigenvalue weighted by Gasteiger charge is -2.09. The van der Waals surface area contributed by atoms with Crippen molar-refractivity contribution in [1.82, 2.24) is 14.3 Å². The zero-order valence-corrected chi connectivity index (χ0v) is 19.1. The van der Waals surface area contributed by atoms with Crippen LogP contribution in [-0.4, -0.2) is 20.3 Å². The summed E-state index contributed by atoms with van der Waals surface area (Å²) in [4.78, 5) is 31.5. The van der Waals surface area contributed by atoms with Gasteiger partial charge < -0.3 is 5.32 Å². The number of amides is 1. The van der Waals surface area contributed by atoms with E-state index in [1.807, 2.05) is 67.8 Å². The fourth-order valence-electron chi connectivity index (χ4n) is 3.30. The van der Waals surface area contributed by atoms with Gasteiger partial charge in [0.15, 0.2) is 0 Å². The summed E-state index contributed by atoms with van der Waals surface area (Å²) in [5.74, 6) is 0.378. The fraction of sp³-hybridized carbons (Fsp3) is 0.174. The zero-order valence-electron chi connectivity index (χ0n) is 17.5. The maximum absolute atomic E-state index is 13.1. The van der Waals surface area contributed by atoms with Gasteiger partial charge in [-0.15, -0.1) is 23.1 Å². The van der Waals surface area contributed by atoms with E-state index in [2.05, 4.69) is 10.3 Å². The highest BCUT2D eigenvalue weighted by molar-refractivity contribution is 7.98. The van der Waals surface area contributed by atoms with Crippen LogP contribution in [0.15, 0.2) is 69.7 Å². The van der Waals surface area contributed by atoms with Crippen molar-refractivity contribution in [2.24, 2.45) is 7.05 Å². The molecule has 0 unspecified atom stereocenters. The summed E-state index contributed by atoms with van der Waals surface area (Å²) in [5, 5.41) is 5.90. The number of thiazole rings is 1. The molecule has 31 heavy (non-hydrogen) atoms. The second-order valence-electron chi connectivity index (χ2n) is 7.03. The van der Waals surface area contributed by atoms with Gasteiger partial charge in [-0.1, -0.05) is 30.3 Å². The van der Waals surface area contributed by atoms with Gasteiger partial charge in [0.05, 0.1) is 27.6 Å². The van der Waals surface area contributed by atoms with E-state index < -0.39 is 0 Å². The number of thioether (sulfide) groups is 1. The monoisotopic (exact) mass is 450 g/mol. The van der Waals surface area contributed by atoms with E-state index in [0.717, 1.165) is 21.3 Å². The van der Waals surface area contributed by atoms with Crippen LogP contribution in [0.25, 0.3) is 5.69 Å². The Hall–Kier alpha value is -3.10. The minimum Gasteiger partial charge on any atom is -0.316 e. The summed E-state index contributed by atoms with van der Waals surface area (Å²) in [5.41, 5.74) is 2.98. The number of aryl methyl sites for hydroxylation is 1. The molecule has 8 heteroatoms. The van der Waals surface area contributed by atoms with Crippen molar-refractivity contribution in [1.29, 1.82) is 0 Å². The van der Waals surface area contributed by atoms with E-state index in [1.165, 1.54) is 0 Å². The number of rotatable bonds is 6. The molecule has 4 aromatic rings. The molecule has 2 aromatic heterocycles. The quantitative estimate of drug-likeness (QED) is 0.429. The van der Waals surface area contributed by atoms with E-state index in [9.17, 15) is 9.59 Å². The molecule has 0 fully saturated rings. The summed E-state index contributed by atoms with van der Waals surface area (Å²) in [6.07, 6.45) is 0. The van der Waals surface area contributed by atoms with Gasteiger partial charge in [0.1, 0.15) is 5.69 Å². The Labute approximate surface area is 188 Å². The molecule has 0 aliphatic heterocycles. The number of carbonyl (C=O) groups excluding carboxylic acids is 1. The van der Waals surface area contributed by atoms with Gasteiger partial charge >= 0.3 is 0 Å². The lowest BCUT2D eigenvalue weighted by molar-refractivity contribution is 0.102. The molecule has 1 amide bonds. The highest BCUT2D eigenvalue weighted by atomic mass is 32.2. The van der Waals surface area contributed by atoms with Crippen LogP contribution in [0.4, 0.5) is 5.69 Å². The predicted molar refractivity (Wildman–Crippen MR) is 127 cm³/mol. The first-order valence-corrected chi connectivity index (χ1v) is 11.6. The predicted octanol–water partition coefficient (Wildman–Crippen LogP) is 4.79. The fourth-order valence-corrected chi connectivity index (χ4v) is 4.96. The van der Waals surface area contributed by atoms with Crippen molar-refractivity contribution in [3.05, 3.63) is 92.3 Å². The van der Waals surface area contributed by atoms with Crippen molar-refractivity contribution >= 4 is 34.7 Å². The first kappa shape index (κ1) is 21.1. The number of benzene rings is 2. The third kappa shape index (κ3) is 4.35. The van der Waals surface area contributed by atoms with Crippen LogP contribution in [0.2, 0.25) is 0 Å². The minimum atomic E-state index is -0.302. The largest absolute Gasteiger partial charge is 0.316 e. The summed E-state index contributed by atoms with van der Waals surface area (Å²) >= 11 is 3.17. The van der Waals surface area contributed by atoms with Gasteiger partial charge in [0.25, 0.3) is 11.5 Å². The van der Waals surface area contributed by atoms with Gasteiger partial charge in [-0.3, -0.25) is 14.3 Å². The Kier molecular flexibility index (Phi) is 6.11. The molecule has 4 rings (SSSR count). The summed E-state index contributed by atoms with van der Waals surface area (Å²) in [6.45, 7) is 3.80. The van der Waals surface area contributed by atoms with E-state index >= 15 is 0 Å². The number of anilines is 1. The lowest BCUT2D eigenvalue weighted by atomic mass is 10.2. The highest BCUT2D eigenvalue weighted by Gasteiger charge is 2.20. The number of carbonyl (C=O) groups is 1. The molecule has 158 valence electrons. The number of hydrogen-bond acceptors (Lipinski definition) is 5. The average Bonchev–Trinajstić information content (AvgIpc) is 3.29. The van der Waals surface area contributed by atoms with Crippen LogP contribution < -0.4 is 10.9 Å². The van der Waals surface area contributed by atoms with Crippen molar-refractivity contribution in [3.8, 4) is 5.69 Å². The number of aromatic nitrogens is 3. The third-order valence-corrected chi connectivity index (χ3v) is 6.90. The Bertz CT molecular complexity index is 1290. The van der Waals surface area contributed by atoms with Crippen molar-refractivity contribution in [2.45, 2.75) is 24.5 Å². The molecule has 2 heterocycles. The summed E-state index contributed by atoms with van der Waals surface area (Å²) in [7, 11) is 1.80. The Balaban J connectivity index is 1.60. The molecule has 1 N–H and O–H groups in total. The Morgan fingerprint density at radius 3 is 2.52 bits per heavy atom. The highest BCUT2D eigenvalue weighted by Crippen LogP contribution is 2.27. The molecule has 0 aliphatic rings. The molecule has 0 saturated heterocycles. The number of nitrogens with one attached hydrogen (secondary N) is 1. The standard InChI is InChI=1S/C23H22N4O2S2/c1-15-21(23(29)27(26(15)3)18-9-5-4-6-10-18)25-22(28)19-11-7-8-12-20(19)31-14-17-13-30-16(2)24-17/h4-13H,14H2,1-3H3,(H,25,28). The van der Waals surface area contributed by atoms with Crippen molar-refractivity contribution in [3.63, 3.8) is 0 Å². The molecule has 0 atom stereocenters. The van der Waals surface area contributed by atoms with Crippen molar-refractivity contribution < 1.29 is 4.79 Å². The van der Waals surface area contributed by atoms with Crippen LogP contribution in [0, 0.1) is 13.8 Å². The van der Waals surface area contributed by atoms with Gasteiger partial charge in [0.2, 0.25) is 0 Å². The maximum Gasteiger partial charge on any atom is 0.295 e. The SMILES string of the molecule is Cc1nc(CSc2ccccc2C(=O)Nc2c(C)n(C)n(-c3ccccc3)c2=O)cs1. The lowest BCUT2D eigenvalue weighted by Crippen LogP contribution is -2.23. The molecule has 0 aliphatic carbocycles. The van der Waals surface area contributed by atoms with Crippen LogP contribution in [0.3, 0.4) is 0 Å². The second kappa shape index (κ2) is 8.95. The zero-order chi connectivity index (χ0) is 22.0. The molecule has 2 aromatic carbocycles. The molecular formula is C23H22N4O2S2. The van der Waals surface area contributed by atoms with E-state index in [1.54, 1.807) is 45.6 Å². The van der Waals surface area contributed by atoms with Crippen molar-refractivity contribution in [2.75, 3.05) is 5.32 Å². The summed E-state index contributed by atoms with van der Waals surface area (Å²) < 4.78 is 3.30. The third-order valence-electron chi connectivity index (χ3n) is 4.97. The number of para-hydroxylation sites is 1. The molecule has 0 spiro atoms. The smallest absolute Gasteiger partial charge is 0.295 e. The first-order chi connectivity index (χ1) is 15.0. The molecule has 0 bridgehead atoms. The number of hydrogen-bond donors (Lipinski definition) is 1. The molecule has 6 nitrogen and oxygen atoms in total. The maximum atomic E-state index is 13.1. The Morgan fingerprint density at radius 2 is 1.81 bits per heavy atom. The van der Waals surface area contributed by atoms with Crippen LogP contribution in [0.1, 0.15) is 26.8 Å². The van der Waals surface area contributed by atoms with Crippen LogP contribution in [0.5, 0.6) is 0 Å². The van der Waals surface area contributed by atoms with Crippen LogP contribution in [-0.2, 0) is 12.8 Å². The molecule has 0 radical (unpaired) electrons. The minimum absolute atomic E-state index is 0.261. The summed E-state index contributed by atoms with van der Waals surface area (Å²) in [6, 6.07) is 16.8. The molecule has 0 saturated carbocycles. The topological polar surface area (TPSA) is 68.9 Å². The van der Waals surface area contributed by atoms with Gasteiger partial charge in [-0.25, -0.2) is 9.67 Å². The number of nitrogens with zero attached hydrogens (tertiary/aromatic N) is 3. The van der Waals surface area contributed by atoms with E-state index in [-0.39, 0.29) is 17.2 Å². The average molecular weight is 451 g/mol. The second-order valence-corrected chi connectivity index (χ2v) is 9.11. The van der Waals surface area contributed by atoms with Gasteiger partial charge in [-0.2, -0.15) is 0 Å². The first-order valence-electron chi connectivity index (χ1n) is 9.74. The molecular weight excluding hydrogens is 428 g/mol.